The van der Waals surface area contributed by atoms with Crippen molar-refractivity contribution in [2.24, 2.45) is 0 Å². The lowest BCUT2D eigenvalue weighted by molar-refractivity contribution is -0.118. The second-order valence-electron chi connectivity index (χ2n) is 8.50. The molecule has 0 aromatic heterocycles. The number of carbonyl (C=O) groups excluding carboxylic acids is 1. The van der Waals surface area contributed by atoms with Crippen LogP contribution in [0.3, 0.4) is 0 Å². The maximum atomic E-state index is 12.5. The zero-order valence-electron chi connectivity index (χ0n) is 19.2. The van der Waals surface area contributed by atoms with Crippen molar-refractivity contribution in [3.63, 3.8) is 0 Å². The molecule has 1 saturated heterocycles. The zero-order chi connectivity index (χ0) is 24.9. The highest BCUT2D eigenvalue weighted by Gasteiger charge is 2.17. The van der Waals surface area contributed by atoms with Crippen molar-refractivity contribution in [1.29, 1.82) is 0 Å². The SMILES string of the molecule is CN1CCN(Cc2cc(-c3ccc(Cl)c(Cl)c3)ccc2OCC(=O)Nc2ccc(Cl)c(Cl)c2)CC1. The first-order valence-corrected chi connectivity index (χ1v) is 12.7. The van der Waals surface area contributed by atoms with Crippen molar-refractivity contribution in [3.05, 3.63) is 80.3 Å². The molecule has 1 heterocycles. The summed E-state index contributed by atoms with van der Waals surface area (Å²) in [5.74, 6) is 0.375. The average Bonchev–Trinajstić information content (AvgIpc) is 2.84. The fourth-order valence-corrected chi connectivity index (χ4v) is 4.46. The van der Waals surface area contributed by atoms with E-state index >= 15 is 0 Å². The van der Waals surface area contributed by atoms with Gasteiger partial charge in [0.2, 0.25) is 0 Å². The van der Waals surface area contributed by atoms with E-state index in [9.17, 15) is 4.79 Å². The van der Waals surface area contributed by atoms with Gasteiger partial charge < -0.3 is 15.0 Å². The predicted molar refractivity (Wildman–Crippen MR) is 145 cm³/mol. The van der Waals surface area contributed by atoms with Crippen molar-refractivity contribution < 1.29 is 9.53 Å². The largest absolute Gasteiger partial charge is 0.483 e. The Labute approximate surface area is 225 Å². The maximum Gasteiger partial charge on any atom is 0.262 e. The molecule has 3 aromatic rings. The molecule has 1 N–H and O–H groups in total. The Morgan fingerprint density at radius 3 is 2.14 bits per heavy atom. The first-order valence-electron chi connectivity index (χ1n) is 11.2. The molecular formula is C26H25Cl4N3O2. The van der Waals surface area contributed by atoms with E-state index in [-0.39, 0.29) is 12.5 Å². The van der Waals surface area contributed by atoms with Gasteiger partial charge in [-0.05, 0) is 60.6 Å². The van der Waals surface area contributed by atoms with E-state index in [2.05, 4.69) is 28.2 Å². The third-order valence-electron chi connectivity index (χ3n) is 5.87. The normalized spacial score (nSPS) is 14.7. The van der Waals surface area contributed by atoms with Crippen LogP contribution in [-0.4, -0.2) is 55.5 Å². The molecule has 3 aromatic carbocycles. The Kier molecular flexibility index (Phi) is 8.82. The molecule has 35 heavy (non-hydrogen) atoms. The van der Waals surface area contributed by atoms with Gasteiger partial charge in [-0.3, -0.25) is 9.69 Å². The van der Waals surface area contributed by atoms with E-state index in [0.717, 1.165) is 42.9 Å². The number of amides is 1. The number of nitrogens with zero attached hydrogens (tertiary/aromatic N) is 2. The number of ether oxygens (including phenoxy) is 1. The molecule has 0 bridgehead atoms. The van der Waals surface area contributed by atoms with Gasteiger partial charge in [-0.1, -0.05) is 58.5 Å². The molecule has 4 rings (SSSR count). The maximum absolute atomic E-state index is 12.5. The first kappa shape index (κ1) is 26.1. The molecule has 1 aliphatic heterocycles. The van der Waals surface area contributed by atoms with Crippen molar-refractivity contribution in [1.82, 2.24) is 9.80 Å². The third-order valence-corrected chi connectivity index (χ3v) is 7.34. The Morgan fingerprint density at radius 2 is 1.46 bits per heavy atom. The fraction of sp³-hybridized carbons (Fsp3) is 0.269. The molecule has 0 unspecified atom stereocenters. The highest BCUT2D eigenvalue weighted by Crippen LogP contribution is 2.32. The lowest BCUT2D eigenvalue weighted by Gasteiger charge is -2.32. The van der Waals surface area contributed by atoms with Crippen LogP contribution in [0.1, 0.15) is 5.56 Å². The van der Waals surface area contributed by atoms with Crippen LogP contribution in [0.25, 0.3) is 11.1 Å². The number of hydrogen-bond donors (Lipinski definition) is 1. The average molecular weight is 553 g/mol. The molecule has 0 saturated carbocycles. The van der Waals surface area contributed by atoms with Gasteiger partial charge in [0.1, 0.15) is 5.75 Å². The van der Waals surface area contributed by atoms with Crippen molar-refractivity contribution in [2.75, 3.05) is 45.2 Å². The number of halogens is 4. The van der Waals surface area contributed by atoms with Gasteiger partial charge in [0, 0.05) is 44.0 Å². The smallest absolute Gasteiger partial charge is 0.262 e. The fourth-order valence-electron chi connectivity index (χ4n) is 3.86. The number of benzene rings is 3. The van der Waals surface area contributed by atoms with Gasteiger partial charge in [-0.2, -0.15) is 0 Å². The van der Waals surface area contributed by atoms with E-state index in [1.54, 1.807) is 24.3 Å². The Bertz CT molecular complexity index is 1210. The highest BCUT2D eigenvalue weighted by molar-refractivity contribution is 6.42. The second kappa shape index (κ2) is 11.8. The predicted octanol–water partition coefficient (Wildman–Crippen LogP) is 6.73. The van der Waals surface area contributed by atoms with E-state index in [1.807, 2.05) is 24.3 Å². The molecule has 1 amide bonds. The lowest BCUT2D eigenvalue weighted by atomic mass is 10.0. The summed E-state index contributed by atoms with van der Waals surface area (Å²) in [4.78, 5) is 17.2. The van der Waals surface area contributed by atoms with Crippen LogP contribution < -0.4 is 10.1 Å². The van der Waals surface area contributed by atoms with Crippen LogP contribution in [-0.2, 0) is 11.3 Å². The van der Waals surface area contributed by atoms with E-state index in [4.69, 9.17) is 51.1 Å². The number of anilines is 1. The number of rotatable bonds is 7. The summed E-state index contributed by atoms with van der Waals surface area (Å²) in [6, 6.07) is 16.5. The standard InChI is InChI=1S/C26H25Cl4N3O2/c1-32-8-10-33(11-9-32)15-19-12-17(18-2-5-21(27)23(29)13-18)3-7-25(19)35-16-26(34)31-20-4-6-22(28)24(30)14-20/h2-7,12-14H,8-11,15-16H2,1H3,(H,31,34). The zero-order valence-corrected chi connectivity index (χ0v) is 22.2. The molecule has 0 spiro atoms. The van der Waals surface area contributed by atoms with Crippen LogP contribution in [0.2, 0.25) is 20.1 Å². The van der Waals surface area contributed by atoms with E-state index < -0.39 is 0 Å². The highest BCUT2D eigenvalue weighted by atomic mass is 35.5. The van der Waals surface area contributed by atoms with Gasteiger partial charge >= 0.3 is 0 Å². The summed E-state index contributed by atoms with van der Waals surface area (Å²) >= 11 is 24.3. The molecule has 184 valence electrons. The van der Waals surface area contributed by atoms with Gasteiger partial charge in [0.15, 0.2) is 6.61 Å². The molecule has 1 aliphatic rings. The minimum atomic E-state index is -0.289. The summed E-state index contributed by atoms with van der Waals surface area (Å²) in [5.41, 5.74) is 3.52. The Balaban J connectivity index is 1.51. The van der Waals surface area contributed by atoms with Crippen molar-refractivity contribution in [2.45, 2.75) is 6.54 Å². The van der Waals surface area contributed by atoms with Gasteiger partial charge in [-0.15, -0.1) is 0 Å². The molecule has 0 aliphatic carbocycles. The third kappa shape index (κ3) is 7.04. The quantitative estimate of drug-likeness (QED) is 0.353. The first-order chi connectivity index (χ1) is 16.8. The lowest BCUT2D eigenvalue weighted by Crippen LogP contribution is -2.43. The summed E-state index contributed by atoms with van der Waals surface area (Å²) in [6.07, 6.45) is 0. The number of carbonyl (C=O) groups is 1. The number of piperazine rings is 1. The minimum Gasteiger partial charge on any atom is -0.483 e. The second-order valence-corrected chi connectivity index (χ2v) is 10.1. The van der Waals surface area contributed by atoms with Crippen LogP contribution in [0.4, 0.5) is 5.69 Å². The number of hydrogen-bond acceptors (Lipinski definition) is 4. The molecule has 0 radical (unpaired) electrons. The molecule has 0 atom stereocenters. The Morgan fingerprint density at radius 1 is 0.829 bits per heavy atom. The van der Waals surface area contributed by atoms with Gasteiger partial charge in [0.05, 0.1) is 20.1 Å². The van der Waals surface area contributed by atoms with Crippen LogP contribution >= 0.6 is 46.4 Å². The van der Waals surface area contributed by atoms with E-state index in [0.29, 0.717) is 38.1 Å². The number of nitrogens with one attached hydrogen (secondary N) is 1. The Hall–Kier alpha value is -1.99. The van der Waals surface area contributed by atoms with Crippen LogP contribution in [0, 0.1) is 0 Å². The monoisotopic (exact) mass is 551 g/mol. The summed E-state index contributed by atoms with van der Waals surface area (Å²) in [7, 11) is 2.13. The van der Waals surface area contributed by atoms with Gasteiger partial charge in [-0.25, -0.2) is 0 Å². The van der Waals surface area contributed by atoms with E-state index in [1.165, 1.54) is 0 Å². The topological polar surface area (TPSA) is 44.8 Å². The molecular weight excluding hydrogens is 528 g/mol. The summed E-state index contributed by atoms with van der Waals surface area (Å²) < 4.78 is 5.97. The number of likely N-dealkylation sites (N-methyl/N-ethyl adjacent to an activating group) is 1. The van der Waals surface area contributed by atoms with Crippen molar-refractivity contribution in [3.8, 4) is 16.9 Å². The molecule has 9 heteroatoms. The van der Waals surface area contributed by atoms with Crippen LogP contribution in [0.5, 0.6) is 5.75 Å². The summed E-state index contributed by atoms with van der Waals surface area (Å²) in [5, 5.41) is 4.60. The van der Waals surface area contributed by atoms with Gasteiger partial charge in [0.25, 0.3) is 5.91 Å². The summed E-state index contributed by atoms with van der Waals surface area (Å²) in [6.45, 7) is 4.52. The molecule has 1 fully saturated rings. The van der Waals surface area contributed by atoms with Crippen molar-refractivity contribution >= 4 is 58.0 Å². The minimum absolute atomic E-state index is 0.137. The van der Waals surface area contributed by atoms with Crippen LogP contribution in [0.15, 0.2) is 54.6 Å². The molecule has 5 nitrogen and oxygen atoms in total.